The molecule has 0 atom stereocenters. The molecule has 0 bridgehead atoms. The van der Waals surface area contributed by atoms with Gasteiger partial charge < -0.3 is 10.4 Å². The van der Waals surface area contributed by atoms with Gasteiger partial charge in [-0.25, -0.2) is 4.39 Å². The minimum absolute atomic E-state index is 0.0531. The van der Waals surface area contributed by atoms with Crippen molar-refractivity contribution in [2.45, 2.75) is 43.0 Å². The van der Waals surface area contributed by atoms with Crippen molar-refractivity contribution in [3.05, 3.63) is 30.1 Å². The molecule has 2 N–H and O–H groups in total. The van der Waals surface area contributed by atoms with Gasteiger partial charge in [-0.1, -0.05) is 12.1 Å². The molecular formula is C16H20FNO3S. The third kappa shape index (κ3) is 5.02. The monoisotopic (exact) mass is 325 g/mol. The lowest BCUT2D eigenvalue weighted by Crippen LogP contribution is -2.38. The fraction of sp³-hybridized carbons (Fsp3) is 0.500. The highest BCUT2D eigenvalue weighted by atomic mass is 32.2. The Morgan fingerprint density at radius 3 is 2.55 bits per heavy atom. The third-order valence-corrected chi connectivity index (χ3v) is 4.92. The van der Waals surface area contributed by atoms with Crippen molar-refractivity contribution in [3.8, 4) is 0 Å². The average molecular weight is 325 g/mol. The fourth-order valence-corrected chi connectivity index (χ4v) is 3.49. The molecule has 0 aromatic heterocycles. The molecule has 1 aliphatic rings. The largest absolute Gasteiger partial charge is 0.481 e. The maximum atomic E-state index is 13.4. The molecule has 0 spiro atoms. The van der Waals surface area contributed by atoms with E-state index in [-0.39, 0.29) is 23.7 Å². The van der Waals surface area contributed by atoms with E-state index in [9.17, 15) is 14.0 Å². The van der Waals surface area contributed by atoms with Gasteiger partial charge in [-0.2, -0.15) is 0 Å². The van der Waals surface area contributed by atoms with Crippen molar-refractivity contribution in [2.75, 3.05) is 5.75 Å². The van der Waals surface area contributed by atoms with Crippen LogP contribution in [0.5, 0.6) is 0 Å². The molecule has 4 nitrogen and oxygen atoms in total. The van der Waals surface area contributed by atoms with Crippen molar-refractivity contribution in [1.82, 2.24) is 5.32 Å². The molecule has 1 amide bonds. The highest BCUT2D eigenvalue weighted by molar-refractivity contribution is 7.99. The number of hydrogen-bond acceptors (Lipinski definition) is 3. The normalized spacial score (nSPS) is 21.3. The summed E-state index contributed by atoms with van der Waals surface area (Å²) < 4.78 is 13.4. The molecule has 1 saturated carbocycles. The van der Waals surface area contributed by atoms with Crippen molar-refractivity contribution in [3.63, 3.8) is 0 Å². The van der Waals surface area contributed by atoms with Crippen molar-refractivity contribution < 1.29 is 19.1 Å². The van der Waals surface area contributed by atoms with Gasteiger partial charge in [0.05, 0.1) is 5.92 Å². The van der Waals surface area contributed by atoms with Gasteiger partial charge in [0.1, 0.15) is 5.82 Å². The molecule has 0 aliphatic heterocycles. The van der Waals surface area contributed by atoms with Crippen LogP contribution in [-0.4, -0.2) is 28.8 Å². The lowest BCUT2D eigenvalue weighted by molar-refractivity contribution is -0.142. The van der Waals surface area contributed by atoms with Gasteiger partial charge in [-0.15, -0.1) is 11.8 Å². The quantitative estimate of drug-likeness (QED) is 0.789. The number of carboxylic acids is 1. The summed E-state index contributed by atoms with van der Waals surface area (Å²) in [7, 11) is 0. The maximum absolute atomic E-state index is 13.4. The molecule has 2 rings (SSSR count). The minimum atomic E-state index is -0.744. The molecule has 0 heterocycles. The summed E-state index contributed by atoms with van der Waals surface area (Å²) in [4.78, 5) is 23.3. The molecule has 1 aliphatic carbocycles. The molecule has 120 valence electrons. The zero-order valence-electron chi connectivity index (χ0n) is 12.3. The van der Waals surface area contributed by atoms with Crippen LogP contribution in [0.1, 0.15) is 32.1 Å². The number of aliphatic carboxylic acids is 1. The highest BCUT2D eigenvalue weighted by Crippen LogP contribution is 2.25. The summed E-state index contributed by atoms with van der Waals surface area (Å²) in [6, 6.07) is 6.59. The van der Waals surface area contributed by atoms with Gasteiger partial charge in [0, 0.05) is 23.1 Å². The van der Waals surface area contributed by atoms with Crippen molar-refractivity contribution in [1.29, 1.82) is 0 Å². The Morgan fingerprint density at radius 2 is 1.91 bits per heavy atom. The topological polar surface area (TPSA) is 66.4 Å². The summed E-state index contributed by atoms with van der Waals surface area (Å²) in [5, 5.41) is 11.9. The number of carbonyl (C=O) groups is 2. The smallest absolute Gasteiger partial charge is 0.306 e. The second-order valence-corrected chi connectivity index (χ2v) is 6.62. The first kappa shape index (κ1) is 16.8. The molecule has 22 heavy (non-hydrogen) atoms. The van der Waals surface area contributed by atoms with Gasteiger partial charge in [-0.3, -0.25) is 9.59 Å². The van der Waals surface area contributed by atoms with Crippen LogP contribution in [0.3, 0.4) is 0 Å². The number of benzene rings is 1. The maximum Gasteiger partial charge on any atom is 0.306 e. The van der Waals surface area contributed by atoms with E-state index in [1.807, 2.05) is 0 Å². The van der Waals surface area contributed by atoms with E-state index in [1.54, 1.807) is 18.2 Å². The molecule has 1 aromatic rings. The number of thioether (sulfide) groups is 1. The Morgan fingerprint density at radius 1 is 1.23 bits per heavy atom. The minimum Gasteiger partial charge on any atom is -0.481 e. The number of nitrogens with one attached hydrogen (secondary N) is 1. The van der Waals surface area contributed by atoms with Crippen molar-refractivity contribution >= 4 is 23.6 Å². The lowest BCUT2D eigenvalue weighted by atomic mass is 9.86. The Kier molecular flexibility index (Phi) is 6.24. The second-order valence-electron chi connectivity index (χ2n) is 5.48. The van der Waals surface area contributed by atoms with E-state index >= 15 is 0 Å². The molecule has 6 heteroatoms. The first-order chi connectivity index (χ1) is 10.6. The van der Waals surface area contributed by atoms with Crippen LogP contribution >= 0.6 is 11.8 Å². The van der Waals surface area contributed by atoms with Gasteiger partial charge in [0.2, 0.25) is 5.91 Å². The van der Waals surface area contributed by atoms with Crippen LogP contribution in [0, 0.1) is 11.7 Å². The SMILES string of the molecule is O=C(CCSc1ccccc1F)NC1CCC(C(=O)O)CC1. The highest BCUT2D eigenvalue weighted by Gasteiger charge is 2.26. The van der Waals surface area contributed by atoms with Crippen LogP contribution in [0.15, 0.2) is 29.2 Å². The first-order valence-electron chi connectivity index (χ1n) is 7.45. The Labute approximate surface area is 133 Å². The van der Waals surface area contributed by atoms with Crippen LogP contribution < -0.4 is 5.32 Å². The van der Waals surface area contributed by atoms with E-state index in [0.29, 0.717) is 42.8 Å². The van der Waals surface area contributed by atoms with Gasteiger partial charge in [0.15, 0.2) is 0 Å². The molecule has 0 radical (unpaired) electrons. The summed E-state index contributed by atoms with van der Waals surface area (Å²) in [5.41, 5.74) is 0. The number of hydrogen-bond donors (Lipinski definition) is 2. The van der Waals surface area contributed by atoms with Gasteiger partial charge >= 0.3 is 5.97 Å². The van der Waals surface area contributed by atoms with Gasteiger partial charge in [-0.05, 0) is 37.8 Å². The molecule has 1 fully saturated rings. The summed E-state index contributed by atoms with van der Waals surface area (Å²) in [5.74, 6) is -0.810. The molecule has 1 aromatic carbocycles. The molecule has 0 saturated heterocycles. The Bertz CT molecular complexity index is 530. The zero-order chi connectivity index (χ0) is 15.9. The first-order valence-corrected chi connectivity index (χ1v) is 8.44. The van der Waals surface area contributed by atoms with Crippen LogP contribution in [0.2, 0.25) is 0 Å². The number of amides is 1. The fourth-order valence-electron chi connectivity index (χ4n) is 2.60. The second kappa shape index (κ2) is 8.17. The van der Waals surface area contributed by atoms with Crippen molar-refractivity contribution in [2.24, 2.45) is 5.92 Å². The lowest BCUT2D eigenvalue weighted by Gasteiger charge is -2.26. The standard InChI is InChI=1S/C16H20FNO3S/c17-13-3-1-2-4-14(13)22-10-9-15(19)18-12-7-5-11(6-8-12)16(20)21/h1-4,11-12H,5-10H2,(H,18,19)(H,20,21). The summed E-state index contributed by atoms with van der Waals surface area (Å²) >= 11 is 1.33. The van der Waals surface area contributed by atoms with E-state index in [0.717, 1.165) is 0 Å². The number of halogens is 1. The molecule has 0 unspecified atom stereocenters. The number of carbonyl (C=O) groups excluding carboxylic acids is 1. The van der Waals surface area contributed by atoms with Gasteiger partial charge in [0.25, 0.3) is 0 Å². The zero-order valence-corrected chi connectivity index (χ0v) is 13.1. The third-order valence-electron chi connectivity index (χ3n) is 3.86. The van der Waals surface area contributed by atoms with E-state index < -0.39 is 5.97 Å². The van der Waals surface area contributed by atoms with E-state index in [2.05, 4.69) is 5.32 Å². The number of rotatable bonds is 6. The predicted octanol–water partition coefficient (Wildman–Crippen LogP) is 3.07. The molecular weight excluding hydrogens is 305 g/mol. The summed E-state index contributed by atoms with van der Waals surface area (Å²) in [6.45, 7) is 0. The average Bonchev–Trinajstić information content (AvgIpc) is 2.50. The van der Waals surface area contributed by atoms with E-state index in [4.69, 9.17) is 5.11 Å². The van der Waals surface area contributed by atoms with Crippen LogP contribution in [0.25, 0.3) is 0 Å². The number of carboxylic acid groups (broad SMARTS) is 1. The Balaban J connectivity index is 1.66. The van der Waals surface area contributed by atoms with Crippen LogP contribution in [0.4, 0.5) is 4.39 Å². The van der Waals surface area contributed by atoms with E-state index in [1.165, 1.54) is 17.8 Å². The Hall–Kier alpha value is -1.56. The summed E-state index contributed by atoms with van der Waals surface area (Å²) in [6.07, 6.45) is 2.98. The van der Waals surface area contributed by atoms with Crippen LogP contribution in [-0.2, 0) is 9.59 Å². The predicted molar refractivity (Wildman–Crippen MR) is 83.3 cm³/mol.